The summed E-state index contributed by atoms with van der Waals surface area (Å²) in [5.74, 6) is 1.16. The highest BCUT2D eigenvalue weighted by molar-refractivity contribution is 9.10. The topological polar surface area (TPSA) is 30.2 Å². The van der Waals surface area contributed by atoms with Gasteiger partial charge in [0.15, 0.2) is 0 Å². The maximum atomic E-state index is 14.0. The standard InChI is InChI=1S/C16H11BrFN3S2/c1-9-19-20-16(14-7-15-13(21(9)14)4-5-22-15)23-8-10-2-3-11(17)6-12(10)18/h2-7H,8H2,1H3. The molecule has 116 valence electrons. The van der Waals surface area contributed by atoms with Crippen LogP contribution in [0.4, 0.5) is 4.39 Å². The predicted octanol–water partition coefficient (Wildman–Crippen LogP) is 5.45. The minimum absolute atomic E-state index is 0.209. The van der Waals surface area contributed by atoms with Gasteiger partial charge in [-0.1, -0.05) is 33.8 Å². The molecule has 3 heterocycles. The van der Waals surface area contributed by atoms with Crippen molar-refractivity contribution in [2.75, 3.05) is 0 Å². The Labute approximate surface area is 148 Å². The van der Waals surface area contributed by atoms with Crippen molar-refractivity contribution >= 4 is 54.8 Å². The molecule has 23 heavy (non-hydrogen) atoms. The molecule has 0 amide bonds. The molecule has 0 aliphatic rings. The third-order valence-corrected chi connectivity index (χ3v) is 6.00. The van der Waals surface area contributed by atoms with Crippen molar-refractivity contribution in [1.29, 1.82) is 0 Å². The highest BCUT2D eigenvalue weighted by atomic mass is 79.9. The summed E-state index contributed by atoms with van der Waals surface area (Å²) in [6, 6.07) is 9.34. The average molecular weight is 408 g/mol. The lowest BCUT2D eigenvalue weighted by molar-refractivity contribution is 0.616. The first-order valence-corrected chi connectivity index (χ1v) is 9.58. The molecule has 0 aliphatic heterocycles. The number of benzene rings is 1. The van der Waals surface area contributed by atoms with Crippen LogP contribution in [0.1, 0.15) is 11.4 Å². The van der Waals surface area contributed by atoms with Gasteiger partial charge in [-0.3, -0.25) is 4.40 Å². The van der Waals surface area contributed by atoms with Crippen LogP contribution < -0.4 is 0 Å². The summed E-state index contributed by atoms with van der Waals surface area (Å²) in [5, 5.41) is 11.5. The molecule has 0 radical (unpaired) electrons. The molecule has 0 bridgehead atoms. The summed E-state index contributed by atoms with van der Waals surface area (Å²) in [6.45, 7) is 1.94. The van der Waals surface area contributed by atoms with E-state index >= 15 is 0 Å². The van der Waals surface area contributed by atoms with Crippen LogP contribution in [-0.4, -0.2) is 14.6 Å². The van der Waals surface area contributed by atoms with Gasteiger partial charge in [-0.05, 0) is 42.1 Å². The van der Waals surface area contributed by atoms with E-state index in [0.29, 0.717) is 11.3 Å². The van der Waals surface area contributed by atoms with Crippen molar-refractivity contribution in [1.82, 2.24) is 14.6 Å². The molecule has 0 N–H and O–H groups in total. The van der Waals surface area contributed by atoms with E-state index in [4.69, 9.17) is 0 Å². The van der Waals surface area contributed by atoms with Crippen LogP contribution in [0.5, 0.6) is 0 Å². The van der Waals surface area contributed by atoms with Crippen LogP contribution in [0.3, 0.4) is 0 Å². The SMILES string of the molecule is Cc1nnc(SCc2ccc(Br)cc2F)c2cc3sccc3n12. The lowest BCUT2D eigenvalue weighted by Gasteiger charge is -2.06. The van der Waals surface area contributed by atoms with Crippen molar-refractivity contribution in [3.8, 4) is 0 Å². The smallest absolute Gasteiger partial charge is 0.143 e. The first-order valence-electron chi connectivity index (χ1n) is 6.92. The Morgan fingerprint density at radius 1 is 1.22 bits per heavy atom. The summed E-state index contributed by atoms with van der Waals surface area (Å²) >= 11 is 6.48. The largest absolute Gasteiger partial charge is 0.293 e. The average Bonchev–Trinajstić information content (AvgIpc) is 3.09. The summed E-state index contributed by atoms with van der Waals surface area (Å²) in [5.41, 5.74) is 2.84. The second-order valence-corrected chi connectivity index (χ2v) is 7.94. The van der Waals surface area contributed by atoms with Gasteiger partial charge in [-0.25, -0.2) is 4.39 Å². The van der Waals surface area contributed by atoms with Crippen molar-refractivity contribution < 1.29 is 4.39 Å². The molecular weight excluding hydrogens is 397 g/mol. The Hall–Kier alpha value is -1.44. The van der Waals surface area contributed by atoms with Gasteiger partial charge < -0.3 is 0 Å². The van der Waals surface area contributed by atoms with E-state index < -0.39 is 0 Å². The van der Waals surface area contributed by atoms with E-state index in [1.807, 2.05) is 13.0 Å². The van der Waals surface area contributed by atoms with Gasteiger partial charge in [0.2, 0.25) is 0 Å². The normalized spacial score (nSPS) is 11.6. The lowest BCUT2D eigenvalue weighted by atomic mass is 10.2. The number of aromatic nitrogens is 3. The van der Waals surface area contributed by atoms with Crippen LogP contribution in [0.15, 0.2) is 45.2 Å². The zero-order chi connectivity index (χ0) is 16.0. The molecule has 7 heteroatoms. The van der Waals surface area contributed by atoms with E-state index in [2.05, 4.69) is 48.0 Å². The third kappa shape index (κ3) is 2.66. The van der Waals surface area contributed by atoms with Crippen LogP contribution in [0.2, 0.25) is 0 Å². The first-order chi connectivity index (χ1) is 11.1. The quantitative estimate of drug-likeness (QED) is 0.423. The van der Waals surface area contributed by atoms with Crippen LogP contribution in [-0.2, 0) is 5.75 Å². The van der Waals surface area contributed by atoms with Crippen molar-refractivity contribution in [2.45, 2.75) is 17.7 Å². The maximum absolute atomic E-state index is 14.0. The molecule has 0 atom stereocenters. The van der Waals surface area contributed by atoms with E-state index in [9.17, 15) is 4.39 Å². The van der Waals surface area contributed by atoms with Crippen LogP contribution >= 0.6 is 39.0 Å². The van der Waals surface area contributed by atoms with Gasteiger partial charge in [0, 0.05) is 10.2 Å². The fourth-order valence-electron chi connectivity index (χ4n) is 2.53. The second-order valence-electron chi connectivity index (χ2n) is 5.11. The number of hydrogen-bond acceptors (Lipinski definition) is 4. The van der Waals surface area contributed by atoms with Gasteiger partial charge in [0.1, 0.15) is 16.7 Å². The Morgan fingerprint density at radius 3 is 2.91 bits per heavy atom. The van der Waals surface area contributed by atoms with E-state index in [1.165, 1.54) is 22.5 Å². The molecule has 0 spiro atoms. The molecule has 0 fully saturated rings. The number of nitrogens with zero attached hydrogens (tertiary/aromatic N) is 3. The summed E-state index contributed by atoms with van der Waals surface area (Å²) in [7, 11) is 0. The molecule has 0 aliphatic carbocycles. The number of halogens is 2. The summed E-state index contributed by atoms with van der Waals surface area (Å²) < 4.78 is 18.0. The van der Waals surface area contributed by atoms with Gasteiger partial charge >= 0.3 is 0 Å². The van der Waals surface area contributed by atoms with E-state index in [1.54, 1.807) is 17.4 Å². The monoisotopic (exact) mass is 407 g/mol. The summed E-state index contributed by atoms with van der Waals surface area (Å²) in [4.78, 5) is 0. The molecule has 3 aromatic heterocycles. The fourth-order valence-corrected chi connectivity index (χ4v) is 4.59. The van der Waals surface area contributed by atoms with E-state index in [-0.39, 0.29) is 5.82 Å². The Morgan fingerprint density at radius 2 is 2.09 bits per heavy atom. The third-order valence-electron chi connectivity index (χ3n) is 3.63. The molecule has 4 rings (SSSR count). The van der Waals surface area contributed by atoms with E-state index in [0.717, 1.165) is 26.4 Å². The molecule has 1 aromatic carbocycles. The van der Waals surface area contributed by atoms with Crippen molar-refractivity contribution in [2.24, 2.45) is 0 Å². The lowest BCUT2D eigenvalue weighted by Crippen LogP contribution is -2.00. The zero-order valence-electron chi connectivity index (χ0n) is 12.1. The number of thiophene rings is 1. The highest BCUT2D eigenvalue weighted by Crippen LogP contribution is 2.32. The minimum Gasteiger partial charge on any atom is -0.293 e. The Kier molecular flexibility index (Phi) is 3.87. The first kappa shape index (κ1) is 15.1. The molecular formula is C16H11BrFN3S2. The zero-order valence-corrected chi connectivity index (χ0v) is 15.3. The van der Waals surface area contributed by atoms with Gasteiger partial charge in [0.05, 0.1) is 15.7 Å². The molecule has 0 saturated carbocycles. The number of fused-ring (bicyclic) bond motifs is 3. The van der Waals surface area contributed by atoms with Crippen molar-refractivity contribution in [3.05, 3.63) is 57.4 Å². The van der Waals surface area contributed by atoms with Crippen LogP contribution in [0, 0.1) is 12.7 Å². The Bertz CT molecular complexity index is 1020. The second kappa shape index (κ2) is 5.89. The van der Waals surface area contributed by atoms with Gasteiger partial charge in [0.25, 0.3) is 0 Å². The van der Waals surface area contributed by atoms with Crippen LogP contribution in [0.25, 0.3) is 15.7 Å². The number of aryl methyl sites for hydroxylation is 1. The minimum atomic E-state index is -0.209. The highest BCUT2D eigenvalue weighted by Gasteiger charge is 2.13. The number of thioether (sulfide) groups is 1. The Balaban J connectivity index is 1.73. The number of hydrogen-bond donors (Lipinski definition) is 0. The van der Waals surface area contributed by atoms with Gasteiger partial charge in [-0.15, -0.1) is 21.5 Å². The molecule has 0 unspecified atom stereocenters. The molecule has 3 nitrogen and oxygen atoms in total. The molecule has 4 aromatic rings. The van der Waals surface area contributed by atoms with Crippen molar-refractivity contribution in [3.63, 3.8) is 0 Å². The molecule has 0 saturated heterocycles. The predicted molar refractivity (Wildman–Crippen MR) is 96.8 cm³/mol. The van der Waals surface area contributed by atoms with Gasteiger partial charge in [-0.2, -0.15) is 0 Å². The fraction of sp³-hybridized carbons (Fsp3) is 0.125. The maximum Gasteiger partial charge on any atom is 0.143 e. The number of rotatable bonds is 3. The summed E-state index contributed by atoms with van der Waals surface area (Å²) in [6.07, 6.45) is 0.